The van der Waals surface area contributed by atoms with Crippen LogP contribution in [0.2, 0.25) is 0 Å². The Morgan fingerprint density at radius 3 is 1.78 bits per heavy atom. The van der Waals surface area contributed by atoms with E-state index in [4.69, 9.17) is 0 Å². The van der Waals surface area contributed by atoms with Crippen molar-refractivity contribution >= 4 is 11.4 Å². The van der Waals surface area contributed by atoms with Gasteiger partial charge in [-0.2, -0.15) is 0 Å². The van der Waals surface area contributed by atoms with Crippen molar-refractivity contribution in [2.24, 2.45) is 0 Å². The second-order valence-electron chi connectivity index (χ2n) is 8.23. The Kier molecular flexibility index (Phi) is 7.23. The minimum Gasteiger partial charge on any atom is -0.303 e. The number of nitrogens with zero attached hydrogens (tertiary/aromatic N) is 1. The molecule has 32 heavy (non-hydrogen) atoms. The molecule has 0 N–H and O–H groups in total. The first-order valence-corrected chi connectivity index (χ1v) is 11.1. The highest BCUT2D eigenvalue weighted by Crippen LogP contribution is 2.32. The van der Waals surface area contributed by atoms with E-state index < -0.39 is 0 Å². The molecule has 1 heterocycles. The van der Waals surface area contributed by atoms with E-state index in [0.29, 0.717) is 6.42 Å². The van der Waals surface area contributed by atoms with Crippen LogP contribution in [0.3, 0.4) is 0 Å². The lowest BCUT2D eigenvalue weighted by atomic mass is 9.88. The molecule has 0 atom stereocenters. The Hall–Kier alpha value is -3.11. The number of halogens is 2. The zero-order valence-electron chi connectivity index (χ0n) is 18.1. The van der Waals surface area contributed by atoms with Crippen LogP contribution in [0.4, 0.5) is 8.78 Å². The Balaban J connectivity index is 1.42. The van der Waals surface area contributed by atoms with E-state index in [1.807, 2.05) is 30.3 Å². The monoisotopic (exact) mass is 431 g/mol. The van der Waals surface area contributed by atoms with Crippen LogP contribution in [0.25, 0.3) is 5.57 Å². The summed E-state index contributed by atoms with van der Waals surface area (Å²) in [6.45, 7) is 2.73. The van der Waals surface area contributed by atoms with Crippen LogP contribution in [-0.4, -0.2) is 30.3 Å². The quantitative estimate of drug-likeness (QED) is 0.397. The number of carbonyl (C=O) groups is 1. The van der Waals surface area contributed by atoms with Gasteiger partial charge in [0.25, 0.3) is 0 Å². The molecule has 0 saturated carbocycles. The van der Waals surface area contributed by atoms with Gasteiger partial charge in [-0.25, -0.2) is 8.78 Å². The Labute approximate surface area is 188 Å². The molecule has 0 spiro atoms. The molecule has 4 rings (SSSR count). The van der Waals surface area contributed by atoms with E-state index in [2.05, 4.69) is 4.90 Å². The summed E-state index contributed by atoms with van der Waals surface area (Å²) in [6.07, 6.45) is 3.20. The second kappa shape index (κ2) is 10.5. The average molecular weight is 432 g/mol. The molecule has 1 aliphatic rings. The van der Waals surface area contributed by atoms with Gasteiger partial charge in [0.05, 0.1) is 0 Å². The number of ketones is 1. The summed E-state index contributed by atoms with van der Waals surface area (Å²) in [7, 11) is 0. The smallest absolute Gasteiger partial charge is 0.162 e. The lowest BCUT2D eigenvalue weighted by Gasteiger charge is -2.30. The van der Waals surface area contributed by atoms with Crippen molar-refractivity contribution < 1.29 is 13.6 Å². The lowest BCUT2D eigenvalue weighted by molar-refractivity contribution is 0.0974. The topological polar surface area (TPSA) is 20.3 Å². The predicted molar refractivity (Wildman–Crippen MR) is 125 cm³/mol. The number of likely N-dealkylation sites (tertiary alicyclic amines) is 1. The Morgan fingerprint density at radius 2 is 1.25 bits per heavy atom. The fourth-order valence-corrected chi connectivity index (χ4v) is 4.34. The molecule has 2 nitrogen and oxygen atoms in total. The van der Waals surface area contributed by atoms with Crippen molar-refractivity contribution in [3.05, 3.63) is 113 Å². The molecular formula is C28H27F2NO. The van der Waals surface area contributed by atoms with Crippen molar-refractivity contribution in [3.63, 3.8) is 0 Å². The maximum absolute atomic E-state index is 13.5. The van der Waals surface area contributed by atoms with Gasteiger partial charge in [0.1, 0.15) is 11.6 Å². The summed E-state index contributed by atoms with van der Waals surface area (Å²) >= 11 is 0. The SMILES string of the molecule is O=C(CCCN1CCC(=C(c2ccc(F)cc2)c2ccc(F)cc2)CC1)c1ccccc1. The zero-order chi connectivity index (χ0) is 22.3. The van der Waals surface area contributed by atoms with Gasteiger partial charge < -0.3 is 4.90 Å². The van der Waals surface area contributed by atoms with Gasteiger partial charge in [-0.3, -0.25) is 4.79 Å². The molecule has 3 aromatic carbocycles. The van der Waals surface area contributed by atoms with Crippen LogP contribution < -0.4 is 0 Å². The van der Waals surface area contributed by atoms with Crippen LogP contribution in [0.15, 0.2) is 84.4 Å². The third-order valence-electron chi connectivity index (χ3n) is 6.05. The van der Waals surface area contributed by atoms with Crippen molar-refractivity contribution in [2.45, 2.75) is 25.7 Å². The normalized spacial score (nSPS) is 14.4. The Bertz CT molecular complexity index is 1020. The minimum atomic E-state index is -0.267. The van der Waals surface area contributed by atoms with Crippen molar-refractivity contribution in [1.82, 2.24) is 4.90 Å². The Morgan fingerprint density at radius 1 is 0.719 bits per heavy atom. The third-order valence-corrected chi connectivity index (χ3v) is 6.05. The summed E-state index contributed by atoms with van der Waals surface area (Å²) in [5, 5.41) is 0. The van der Waals surface area contributed by atoms with E-state index in [1.54, 1.807) is 24.3 Å². The molecule has 0 aliphatic carbocycles. The molecule has 164 valence electrons. The number of piperidine rings is 1. The highest BCUT2D eigenvalue weighted by Gasteiger charge is 2.19. The molecule has 0 aromatic heterocycles. The van der Waals surface area contributed by atoms with E-state index in [0.717, 1.165) is 61.2 Å². The molecule has 4 heteroatoms. The highest BCUT2D eigenvalue weighted by molar-refractivity contribution is 5.95. The molecule has 1 aliphatic heterocycles. The summed E-state index contributed by atoms with van der Waals surface area (Å²) < 4.78 is 27.0. The van der Waals surface area contributed by atoms with Crippen molar-refractivity contribution in [3.8, 4) is 0 Å². The maximum atomic E-state index is 13.5. The average Bonchev–Trinajstić information content (AvgIpc) is 2.83. The first-order valence-electron chi connectivity index (χ1n) is 11.1. The number of carbonyl (C=O) groups excluding carboxylic acids is 1. The molecule has 0 bridgehead atoms. The molecule has 0 radical (unpaired) electrons. The van der Waals surface area contributed by atoms with Gasteiger partial charge in [-0.1, -0.05) is 60.2 Å². The van der Waals surface area contributed by atoms with Crippen LogP contribution in [0, 0.1) is 11.6 Å². The molecule has 0 amide bonds. The molecule has 3 aromatic rings. The van der Waals surface area contributed by atoms with Crippen molar-refractivity contribution in [1.29, 1.82) is 0 Å². The zero-order valence-corrected chi connectivity index (χ0v) is 18.1. The van der Waals surface area contributed by atoms with E-state index in [1.165, 1.54) is 29.8 Å². The van der Waals surface area contributed by atoms with Crippen LogP contribution >= 0.6 is 0 Å². The second-order valence-corrected chi connectivity index (χ2v) is 8.23. The summed E-state index contributed by atoms with van der Waals surface area (Å²) in [5.41, 5.74) is 5.06. The summed E-state index contributed by atoms with van der Waals surface area (Å²) in [6, 6.07) is 22.5. The van der Waals surface area contributed by atoms with Gasteiger partial charge in [0.15, 0.2) is 5.78 Å². The van der Waals surface area contributed by atoms with E-state index >= 15 is 0 Å². The summed E-state index contributed by atoms with van der Waals surface area (Å²) in [5.74, 6) is -0.341. The van der Waals surface area contributed by atoms with Gasteiger partial charge in [0.2, 0.25) is 0 Å². The van der Waals surface area contributed by atoms with E-state index in [9.17, 15) is 13.6 Å². The van der Waals surface area contributed by atoms with Crippen LogP contribution in [-0.2, 0) is 0 Å². The number of Topliss-reactive ketones (excluding diaryl/α,β-unsaturated/α-hetero) is 1. The molecule has 0 unspecified atom stereocenters. The van der Waals surface area contributed by atoms with Crippen molar-refractivity contribution in [2.75, 3.05) is 19.6 Å². The third kappa shape index (κ3) is 5.57. The van der Waals surface area contributed by atoms with Gasteiger partial charge in [0, 0.05) is 25.1 Å². The molecule has 1 saturated heterocycles. The minimum absolute atomic E-state index is 0.193. The lowest BCUT2D eigenvalue weighted by Crippen LogP contribution is -2.32. The number of hydrogen-bond donors (Lipinski definition) is 0. The predicted octanol–water partition coefficient (Wildman–Crippen LogP) is 6.53. The summed E-state index contributed by atoms with van der Waals surface area (Å²) in [4.78, 5) is 14.7. The first kappa shape index (κ1) is 22.1. The van der Waals surface area contributed by atoms with Crippen LogP contribution in [0.5, 0.6) is 0 Å². The largest absolute Gasteiger partial charge is 0.303 e. The fourth-order valence-electron chi connectivity index (χ4n) is 4.34. The number of hydrogen-bond acceptors (Lipinski definition) is 2. The van der Waals surface area contributed by atoms with Gasteiger partial charge >= 0.3 is 0 Å². The van der Waals surface area contributed by atoms with Gasteiger partial charge in [-0.15, -0.1) is 0 Å². The molecule has 1 fully saturated rings. The maximum Gasteiger partial charge on any atom is 0.162 e. The highest BCUT2D eigenvalue weighted by atomic mass is 19.1. The van der Waals surface area contributed by atoms with Gasteiger partial charge in [-0.05, 0) is 66.8 Å². The standard InChI is InChI=1S/C28H27F2NO/c29-25-12-8-22(9-13-25)28(23-10-14-26(30)15-11-23)24-16-19-31(20-17-24)18-4-7-27(32)21-5-2-1-3-6-21/h1-3,5-6,8-15H,4,7,16-20H2. The van der Waals surface area contributed by atoms with Crippen LogP contribution in [0.1, 0.15) is 47.2 Å². The first-order chi connectivity index (χ1) is 15.6. The number of rotatable bonds is 7. The van der Waals surface area contributed by atoms with E-state index in [-0.39, 0.29) is 17.4 Å². The fraction of sp³-hybridized carbons (Fsp3) is 0.250. The number of benzene rings is 3. The molecular weight excluding hydrogens is 404 g/mol.